The van der Waals surface area contributed by atoms with Gasteiger partial charge in [-0.25, -0.2) is 0 Å². The van der Waals surface area contributed by atoms with Crippen LogP contribution in [0.4, 0.5) is 0 Å². The summed E-state index contributed by atoms with van der Waals surface area (Å²) in [7, 11) is 2.01. The predicted molar refractivity (Wildman–Crippen MR) is 92.6 cm³/mol. The van der Waals surface area contributed by atoms with Gasteiger partial charge in [-0.1, -0.05) is 6.92 Å². The molecule has 6 heteroatoms. The monoisotopic (exact) mass is 339 g/mol. The van der Waals surface area contributed by atoms with Crippen LogP contribution in [-0.2, 0) is 4.79 Å². The molecule has 2 saturated heterocycles. The van der Waals surface area contributed by atoms with E-state index in [9.17, 15) is 4.79 Å². The van der Waals surface area contributed by atoms with Gasteiger partial charge in [0.15, 0.2) is 0 Å². The van der Waals surface area contributed by atoms with Crippen LogP contribution in [0.3, 0.4) is 0 Å². The van der Waals surface area contributed by atoms with Crippen LogP contribution in [-0.4, -0.2) is 61.5 Å². The number of nitrogens with one attached hydrogen (secondary N) is 1. The van der Waals surface area contributed by atoms with E-state index in [1.165, 1.54) is 6.42 Å². The Morgan fingerprint density at radius 3 is 2.38 bits per heavy atom. The van der Waals surface area contributed by atoms with E-state index in [0.717, 1.165) is 64.3 Å². The molecular formula is C15H31Cl2N3O. The minimum absolute atomic E-state index is 0. The average Bonchev–Trinajstić information content (AvgIpc) is 2.88. The fourth-order valence-electron chi connectivity index (χ4n) is 3.52. The highest BCUT2D eigenvalue weighted by Gasteiger charge is 2.34. The Bertz CT molecular complexity index is 297. The third-order valence-corrected chi connectivity index (χ3v) is 4.58. The van der Waals surface area contributed by atoms with Crippen LogP contribution in [0, 0.1) is 5.92 Å². The number of hydrogen-bond donors (Lipinski definition) is 1. The first-order valence-corrected chi connectivity index (χ1v) is 7.93. The molecule has 0 radical (unpaired) electrons. The van der Waals surface area contributed by atoms with Gasteiger partial charge in [-0.3, -0.25) is 9.69 Å². The molecule has 0 spiro atoms. The van der Waals surface area contributed by atoms with Crippen molar-refractivity contribution in [3.63, 3.8) is 0 Å². The number of nitrogens with zero attached hydrogens (tertiary/aromatic N) is 2. The van der Waals surface area contributed by atoms with Crippen molar-refractivity contribution in [2.75, 3.05) is 39.8 Å². The Hall–Kier alpha value is -0.0300. The fraction of sp³-hybridized carbons (Fsp3) is 0.933. The zero-order valence-electron chi connectivity index (χ0n) is 13.3. The number of piperidine rings is 1. The van der Waals surface area contributed by atoms with Crippen molar-refractivity contribution in [1.29, 1.82) is 0 Å². The topological polar surface area (TPSA) is 35.6 Å². The second-order valence-corrected chi connectivity index (χ2v) is 6.02. The summed E-state index contributed by atoms with van der Waals surface area (Å²) in [6, 6.07) is 0.181. The second-order valence-electron chi connectivity index (χ2n) is 6.02. The molecule has 1 amide bonds. The minimum Gasteiger partial charge on any atom is -0.341 e. The quantitative estimate of drug-likeness (QED) is 0.833. The molecule has 4 nitrogen and oxygen atoms in total. The summed E-state index contributed by atoms with van der Waals surface area (Å²) < 4.78 is 0. The fourth-order valence-corrected chi connectivity index (χ4v) is 3.52. The minimum atomic E-state index is 0. The van der Waals surface area contributed by atoms with E-state index < -0.39 is 0 Å². The Kier molecular flexibility index (Phi) is 10.6. The first kappa shape index (κ1) is 21.0. The summed E-state index contributed by atoms with van der Waals surface area (Å²) in [5, 5.41) is 3.25. The van der Waals surface area contributed by atoms with E-state index in [2.05, 4.69) is 22.0 Å². The van der Waals surface area contributed by atoms with Gasteiger partial charge in [-0.05, 0) is 64.7 Å². The largest absolute Gasteiger partial charge is 0.341 e. The zero-order valence-corrected chi connectivity index (χ0v) is 15.0. The summed E-state index contributed by atoms with van der Waals surface area (Å²) in [5.74, 6) is 1.15. The summed E-state index contributed by atoms with van der Waals surface area (Å²) in [5.41, 5.74) is 0. The van der Waals surface area contributed by atoms with E-state index in [-0.39, 0.29) is 30.9 Å². The maximum Gasteiger partial charge on any atom is 0.239 e. The lowest BCUT2D eigenvalue weighted by Crippen LogP contribution is -2.49. The number of rotatable bonds is 5. The van der Waals surface area contributed by atoms with Crippen LogP contribution in [0.15, 0.2) is 0 Å². The first-order chi connectivity index (χ1) is 9.26. The summed E-state index contributed by atoms with van der Waals surface area (Å²) in [4.78, 5) is 17.1. The SMILES string of the molecule is CCCN1CCCC1C(=O)N1CCC(CNC)CC1.Cl.Cl. The second kappa shape index (κ2) is 10.7. The molecule has 0 bridgehead atoms. The highest BCUT2D eigenvalue weighted by molar-refractivity contribution is 5.85. The molecule has 1 N–H and O–H groups in total. The normalized spacial score (nSPS) is 23.5. The van der Waals surface area contributed by atoms with Crippen molar-refractivity contribution in [1.82, 2.24) is 15.1 Å². The van der Waals surface area contributed by atoms with Crippen molar-refractivity contribution >= 4 is 30.7 Å². The molecule has 2 aliphatic heterocycles. The molecule has 0 saturated carbocycles. The first-order valence-electron chi connectivity index (χ1n) is 7.93. The molecule has 0 aromatic carbocycles. The lowest BCUT2D eigenvalue weighted by atomic mass is 9.96. The summed E-state index contributed by atoms with van der Waals surface area (Å²) >= 11 is 0. The average molecular weight is 340 g/mol. The van der Waals surface area contributed by atoms with Gasteiger partial charge >= 0.3 is 0 Å². The molecule has 126 valence electrons. The summed E-state index contributed by atoms with van der Waals surface area (Å²) in [6.45, 7) is 7.40. The van der Waals surface area contributed by atoms with Crippen molar-refractivity contribution in [2.24, 2.45) is 5.92 Å². The number of carbonyl (C=O) groups excluding carboxylic acids is 1. The standard InChI is InChI=1S/C15H29N3O.2ClH/c1-3-8-17-9-4-5-14(17)15(19)18-10-6-13(7-11-18)12-16-2;;/h13-14,16H,3-12H2,1-2H3;2*1H. The molecule has 21 heavy (non-hydrogen) atoms. The zero-order chi connectivity index (χ0) is 13.7. The lowest BCUT2D eigenvalue weighted by molar-refractivity contribution is -0.137. The predicted octanol–water partition coefficient (Wildman–Crippen LogP) is 2.16. The lowest BCUT2D eigenvalue weighted by Gasteiger charge is -2.35. The van der Waals surface area contributed by atoms with E-state index in [0.29, 0.717) is 5.91 Å². The molecule has 0 aliphatic carbocycles. The van der Waals surface area contributed by atoms with Gasteiger partial charge in [-0.2, -0.15) is 0 Å². The Morgan fingerprint density at radius 1 is 1.14 bits per heavy atom. The molecule has 1 atom stereocenters. The maximum absolute atomic E-state index is 12.6. The number of halogens is 2. The van der Waals surface area contributed by atoms with Gasteiger partial charge in [0.25, 0.3) is 0 Å². The van der Waals surface area contributed by atoms with Crippen molar-refractivity contribution in [2.45, 2.75) is 45.1 Å². The van der Waals surface area contributed by atoms with E-state index in [1.807, 2.05) is 7.05 Å². The van der Waals surface area contributed by atoms with Crippen LogP contribution >= 0.6 is 24.8 Å². The maximum atomic E-state index is 12.6. The third kappa shape index (κ3) is 5.59. The third-order valence-electron chi connectivity index (χ3n) is 4.58. The van der Waals surface area contributed by atoms with Gasteiger partial charge in [-0.15, -0.1) is 24.8 Å². The van der Waals surface area contributed by atoms with Gasteiger partial charge in [0, 0.05) is 13.1 Å². The van der Waals surface area contributed by atoms with Crippen molar-refractivity contribution < 1.29 is 4.79 Å². The molecule has 1 unspecified atom stereocenters. The molecule has 2 heterocycles. The van der Waals surface area contributed by atoms with Crippen LogP contribution < -0.4 is 5.32 Å². The van der Waals surface area contributed by atoms with Gasteiger partial charge < -0.3 is 10.2 Å². The number of likely N-dealkylation sites (tertiary alicyclic amines) is 2. The van der Waals surface area contributed by atoms with Crippen LogP contribution in [0.25, 0.3) is 0 Å². The Morgan fingerprint density at radius 2 is 1.81 bits per heavy atom. The number of carbonyl (C=O) groups is 1. The molecule has 0 aromatic heterocycles. The highest BCUT2D eigenvalue weighted by atomic mass is 35.5. The number of hydrogen-bond acceptors (Lipinski definition) is 3. The molecular weight excluding hydrogens is 309 g/mol. The van der Waals surface area contributed by atoms with Gasteiger partial charge in [0.1, 0.15) is 0 Å². The summed E-state index contributed by atoms with van der Waals surface area (Å²) in [6.07, 6.45) is 5.72. The highest BCUT2D eigenvalue weighted by Crippen LogP contribution is 2.23. The molecule has 2 aliphatic rings. The van der Waals surface area contributed by atoms with Crippen molar-refractivity contribution in [3.8, 4) is 0 Å². The van der Waals surface area contributed by atoms with Crippen molar-refractivity contribution in [3.05, 3.63) is 0 Å². The van der Waals surface area contributed by atoms with Crippen LogP contribution in [0.2, 0.25) is 0 Å². The Balaban J connectivity index is 0.00000200. The Labute approximate surface area is 141 Å². The number of amides is 1. The molecule has 0 aromatic rings. The van der Waals surface area contributed by atoms with Gasteiger partial charge in [0.2, 0.25) is 5.91 Å². The van der Waals surface area contributed by atoms with E-state index in [1.54, 1.807) is 0 Å². The smallest absolute Gasteiger partial charge is 0.239 e. The van der Waals surface area contributed by atoms with E-state index in [4.69, 9.17) is 0 Å². The molecule has 2 rings (SSSR count). The van der Waals surface area contributed by atoms with E-state index >= 15 is 0 Å². The van der Waals surface area contributed by atoms with Gasteiger partial charge in [0.05, 0.1) is 6.04 Å². The molecule has 2 fully saturated rings. The van der Waals surface area contributed by atoms with Crippen LogP contribution in [0.5, 0.6) is 0 Å². The van der Waals surface area contributed by atoms with Crippen LogP contribution in [0.1, 0.15) is 39.0 Å².